The first-order valence-electron chi connectivity index (χ1n) is 10.1. The van der Waals surface area contributed by atoms with Crippen LogP contribution in [-0.4, -0.2) is 16.8 Å². The van der Waals surface area contributed by atoms with Crippen LogP contribution in [0.5, 0.6) is 0 Å². The predicted molar refractivity (Wildman–Crippen MR) is 132 cm³/mol. The van der Waals surface area contributed by atoms with E-state index >= 15 is 0 Å². The number of halogens is 1. The summed E-state index contributed by atoms with van der Waals surface area (Å²) in [5.41, 5.74) is 3.57. The first-order valence-corrected chi connectivity index (χ1v) is 11.4. The lowest BCUT2D eigenvalue weighted by molar-refractivity contribution is 0.408. The van der Waals surface area contributed by atoms with E-state index < -0.39 is 5.63 Å². The fourth-order valence-corrected chi connectivity index (χ4v) is 4.60. The van der Waals surface area contributed by atoms with Crippen molar-refractivity contribution in [2.24, 2.45) is 4.99 Å². The van der Waals surface area contributed by atoms with Crippen LogP contribution in [0.1, 0.15) is 17.0 Å². The minimum absolute atomic E-state index is 0.421. The standard InChI is InChI=1S/C25H18ClN3O3S/c1-15-23(22(32-28-15)12-9-16-7-10-18(26)11-8-16)29-20(14-33-25(29)27-2)19-13-17-5-3-4-6-21(17)31-24(19)30/h3-14H,1-2H3/b12-9+,27-25?. The van der Waals surface area contributed by atoms with Gasteiger partial charge in [-0.2, -0.15) is 0 Å². The van der Waals surface area contributed by atoms with Crippen LogP contribution >= 0.6 is 22.9 Å². The first kappa shape index (κ1) is 21.2. The zero-order chi connectivity index (χ0) is 22.9. The number of nitrogens with zero attached hydrogens (tertiary/aromatic N) is 3. The highest BCUT2D eigenvalue weighted by Gasteiger charge is 2.21. The Morgan fingerprint density at radius 1 is 1.12 bits per heavy atom. The van der Waals surface area contributed by atoms with Gasteiger partial charge >= 0.3 is 5.63 Å². The van der Waals surface area contributed by atoms with Gasteiger partial charge in [0.2, 0.25) is 0 Å². The van der Waals surface area contributed by atoms with Gasteiger partial charge in [0.05, 0.1) is 11.3 Å². The second kappa shape index (κ2) is 8.69. The Bertz CT molecular complexity index is 1620. The third-order valence-electron chi connectivity index (χ3n) is 5.19. The van der Waals surface area contributed by atoms with E-state index in [1.807, 2.05) is 77.6 Å². The van der Waals surface area contributed by atoms with Crippen LogP contribution in [0.2, 0.25) is 5.02 Å². The van der Waals surface area contributed by atoms with Gasteiger partial charge in [0.25, 0.3) is 0 Å². The summed E-state index contributed by atoms with van der Waals surface area (Å²) in [6, 6.07) is 16.8. The van der Waals surface area contributed by atoms with Crippen molar-refractivity contribution in [1.82, 2.24) is 9.72 Å². The lowest BCUT2D eigenvalue weighted by atomic mass is 10.1. The molecule has 0 N–H and O–H groups in total. The minimum Gasteiger partial charge on any atom is -0.422 e. The monoisotopic (exact) mass is 475 g/mol. The second-order valence-electron chi connectivity index (χ2n) is 7.31. The quantitative estimate of drug-likeness (QED) is 0.300. The number of hydrogen-bond acceptors (Lipinski definition) is 6. The molecular formula is C25H18ClN3O3S. The van der Waals surface area contributed by atoms with Gasteiger partial charge in [-0.1, -0.05) is 53.2 Å². The number of para-hydroxylation sites is 1. The summed E-state index contributed by atoms with van der Waals surface area (Å²) in [6.45, 7) is 1.86. The summed E-state index contributed by atoms with van der Waals surface area (Å²) in [5.74, 6) is 0.544. The molecule has 3 heterocycles. The van der Waals surface area contributed by atoms with Crippen molar-refractivity contribution in [3.63, 3.8) is 0 Å². The van der Waals surface area contributed by atoms with E-state index in [4.69, 9.17) is 20.5 Å². The number of aryl methyl sites for hydroxylation is 1. The van der Waals surface area contributed by atoms with Gasteiger partial charge in [-0.15, -0.1) is 11.3 Å². The van der Waals surface area contributed by atoms with Crippen LogP contribution in [0.15, 0.2) is 78.7 Å². The Morgan fingerprint density at radius 3 is 2.70 bits per heavy atom. The van der Waals surface area contributed by atoms with Crippen molar-refractivity contribution in [2.75, 3.05) is 7.05 Å². The fraction of sp³-hybridized carbons (Fsp3) is 0.0800. The van der Waals surface area contributed by atoms with E-state index in [1.165, 1.54) is 11.3 Å². The Labute approximate surface area is 197 Å². The average molecular weight is 476 g/mol. The van der Waals surface area contributed by atoms with Crippen LogP contribution in [-0.2, 0) is 0 Å². The van der Waals surface area contributed by atoms with Gasteiger partial charge in [-0.05, 0) is 42.8 Å². The molecule has 0 aliphatic heterocycles. The molecule has 0 aliphatic carbocycles. The molecule has 0 saturated carbocycles. The molecule has 0 bridgehead atoms. The molecule has 0 radical (unpaired) electrons. The smallest absolute Gasteiger partial charge is 0.345 e. The summed E-state index contributed by atoms with van der Waals surface area (Å²) >= 11 is 7.41. The van der Waals surface area contributed by atoms with Gasteiger partial charge in [0, 0.05) is 22.8 Å². The largest absolute Gasteiger partial charge is 0.422 e. The normalized spacial score (nSPS) is 12.3. The molecule has 5 rings (SSSR count). The number of thiazole rings is 1. The van der Waals surface area contributed by atoms with Crippen molar-refractivity contribution < 1.29 is 8.94 Å². The van der Waals surface area contributed by atoms with Crippen LogP contribution in [0, 0.1) is 6.92 Å². The van der Waals surface area contributed by atoms with Gasteiger partial charge < -0.3 is 8.94 Å². The molecule has 0 amide bonds. The maximum absolute atomic E-state index is 12.9. The molecule has 0 saturated heterocycles. The molecule has 0 aliphatic rings. The molecule has 0 fully saturated rings. The summed E-state index contributed by atoms with van der Waals surface area (Å²) in [6.07, 6.45) is 3.76. The lowest BCUT2D eigenvalue weighted by Gasteiger charge is -2.08. The average Bonchev–Trinajstić information content (AvgIpc) is 3.40. The van der Waals surface area contributed by atoms with Crippen LogP contribution in [0.25, 0.3) is 40.1 Å². The molecule has 5 aromatic rings. The molecule has 3 aromatic heterocycles. The topological polar surface area (TPSA) is 73.5 Å². The molecule has 164 valence electrons. The first-order chi connectivity index (χ1) is 16.0. The predicted octanol–water partition coefficient (Wildman–Crippen LogP) is 5.96. The minimum atomic E-state index is -0.421. The zero-order valence-electron chi connectivity index (χ0n) is 17.8. The van der Waals surface area contributed by atoms with E-state index in [0.29, 0.717) is 43.8 Å². The summed E-state index contributed by atoms with van der Waals surface area (Å²) in [5, 5.41) is 7.58. The summed E-state index contributed by atoms with van der Waals surface area (Å²) in [4.78, 5) is 18.0. The van der Waals surface area contributed by atoms with Gasteiger partial charge in [0.15, 0.2) is 10.6 Å². The molecular weight excluding hydrogens is 458 g/mol. The Kier molecular flexibility index (Phi) is 5.58. The Hall–Kier alpha value is -3.68. The second-order valence-corrected chi connectivity index (χ2v) is 8.59. The van der Waals surface area contributed by atoms with Crippen molar-refractivity contribution in [2.45, 2.75) is 6.92 Å². The number of aromatic nitrogens is 2. The molecule has 6 nitrogen and oxygen atoms in total. The Balaban J connectivity index is 1.69. The van der Waals surface area contributed by atoms with Crippen LogP contribution in [0.3, 0.4) is 0 Å². The third-order valence-corrected chi connectivity index (χ3v) is 6.36. The number of fused-ring (bicyclic) bond motifs is 1. The Morgan fingerprint density at radius 2 is 1.91 bits per heavy atom. The molecule has 0 spiro atoms. The number of hydrogen-bond donors (Lipinski definition) is 0. The molecule has 33 heavy (non-hydrogen) atoms. The summed E-state index contributed by atoms with van der Waals surface area (Å²) in [7, 11) is 1.71. The van der Waals surface area contributed by atoms with E-state index in [-0.39, 0.29) is 0 Å². The van der Waals surface area contributed by atoms with Crippen LogP contribution < -0.4 is 10.4 Å². The fourth-order valence-electron chi connectivity index (χ4n) is 3.62. The van der Waals surface area contributed by atoms with E-state index in [0.717, 1.165) is 10.9 Å². The van der Waals surface area contributed by atoms with Crippen molar-refractivity contribution in [1.29, 1.82) is 0 Å². The van der Waals surface area contributed by atoms with Gasteiger partial charge in [-0.25, -0.2) is 4.79 Å². The van der Waals surface area contributed by atoms with Crippen molar-refractivity contribution in [3.8, 4) is 16.9 Å². The molecule has 8 heteroatoms. The highest BCUT2D eigenvalue weighted by atomic mass is 35.5. The highest BCUT2D eigenvalue weighted by Crippen LogP contribution is 2.28. The molecule has 0 atom stereocenters. The number of rotatable bonds is 4. The number of benzene rings is 2. The third kappa shape index (κ3) is 3.97. The van der Waals surface area contributed by atoms with Crippen LogP contribution in [0.4, 0.5) is 0 Å². The summed E-state index contributed by atoms with van der Waals surface area (Å²) < 4.78 is 13.1. The SMILES string of the molecule is CN=c1scc(-c2cc3ccccc3oc2=O)n1-c1c(C)noc1/C=C/c1ccc(Cl)cc1. The van der Waals surface area contributed by atoms with Crippen molar-refractivity contribution >= 4 is 46.1 Å². The van der Waals surface area contributed by atoms with Gasteiger partial charge in [-0.3, -0.25) is 9.56 Å². The van der Waals surface area contributed by atoms with Crippen molar-refractivity contribution in [3.05, 3.63) is 97.2 Å². The molecule has 2 aromatic carbocycles. The lowest BCUT2D eigenvalue weighted by Crippen LogP contribution is -2.17. The van der Waals surface area contributed by atoms with E-state index in [9.17, 15) is 4.79 Å². The van der Waals surface area contributed by atoms with E-state index in [1.54, 1.807) is 13.1 Å². The maximum atomic E-state index is 12.9. The van der Waals surface area contributed by atoms with Gasteiger partial charge in [0.1, 0.15) is 17.0 Å². The zero-order valence-corrected chi connectivity index (χ0v) is 19.4. The maximum Gasteiger partial charge on any atom is 0.345 e. The molecule has 0 unspecified atom stereocenters. The highest BCUT2D eigenvalue weighted by molar-refractivity contribution is 7.07. The van der Waals surface area contributed by atoms with E-state index in [2.05, 4.69) is 10.1 Å².